The third-order valence-corrected chi connectivity index (χ3v) is 10.5. The van der Waals surface area contributed by atoms with Crippen LogP contribution in [0.1, 0.15) is 55.8 Å². The van der Waals surface area contributed by atoms with Gasteiger partial charge in [0, 0.05) is 5.56 Å². The van der Waals surface area contributed by atoms with Crippen molar-refractivity contribution in [1.82, 2.24) is 4.98 Å². The summed E-state index contributed by atoms with van der Waals surface area (Å²) in [6, 6.07) is 1.60. The lowest BCUT2D eigenvalue weighted by Crippen LogP contribution is -2.75. The zero-order chi connectivity index (χ0) is 53.7. The summed E-state index contributed by atoms with van der Waals surface area (Å²) in [7, 11) is 0. The van der Waals surface area contributed by atoms with Gasteiger partial charge in [0.05, 0.1) is 50.7 Å². The van der Waals surface area contributed by atoms with Gasteiger partial charge in [-0.05, 0) is 31.2 Å². The number of aromatic nitrogens is 2. The van der Waals surface area contributed by atoms with Crippen LogP contribution in [0.2, 0.25) is 0 Å². The molecule has 0 aliphatic carbocycles. The van der Waals surface area contributed by atoms with Crippen LogP contribution in [-0.4, -0.2) is 11.1 Å². The molecule has 0 spiro atoms. The van der Waals surface area contributed by atoms with Crippen molar-refractivity contribution in [3.05, 3.63) is 177 Å². The van der Waals surface area contributed by atoms with Gasteiger partial charge in [-0.25, -0.2) is 4.98 Å². The first-order valence-electron chi connectivity index (χ1n) is 19.3. The first-order chi connectivity index (χ1) is 32.1. The Kier molecular flexibility index (Phi) is 14.8. The predicted molar refractivity (Wildman–Crippen MR) is 205 cm³/mol. The zero-order valence-corrected chi connectivity index (χ0v) is 34.8. The highest BCUT2D eigenvalue weighted by atomic mass is 19.4. The zero-order valence-electron chi connectivity index (χ0n) is 34.8. The molecule has 0 N–H and O–H groups in total. The van der Waals surface area contributed by atoms with E-state index in [0.717, 1.165) is 12.2 Å². The lowest BCUT2D eigenvalue weighted by Gasteiger charge is -2.46. The van der Waals surface area contributed by atoms with Gasteiger partial charge in [-0.1, -0.05) is 78.9 Å². The average molecular weight is 1050 g/mol. The lowest BCUT2D eigenvalue weighted by molar-refractivity contribution is -0.689. The fourth-order valence-corrected chi connectivity index (χ4v) is 7.52. The second-order valence-electron chi connectivity index (χ2n) is 15.6. The monoisotopic (exact) mass is 1050 g/mol. The summed E-state index contributed by atoms with van der Waals surface area (Å²) in [6.45, 7) is 2.91. The molecule has 0 atom stereocenters. The highest BCUT2D eigenvalue weighted by Crippen LogP contribution is 2.41. The van der Waals surface area contributed by atoms with Crippen LogP contribution in [0.5, 0.6) is 0 Å². The van der Waals surface area contributed by atoms with Crippen LogP contribution in [0.4, 0.5) is 105 Å². The van der Waals surface area contributed by atoms with Crippen molar-refractivity contribution in [3.63, 3.8) is 0 Å². The Morgan fingerprint density at radius 1 is 0.366 bits per heavy atom. The first-order valence-corrected chi connectivity index (χ1v) is 19.3. The third-order valence-electron chi connectivity index (χ3n) is 10.5. The van der Waals surface area contributed by atoms with Gasteiger partial charge in [0.25, 0.3) is 0 Å². The molecule has 0 saturated heterocycles. The minimum absolute atomic E-state index is 0.691. The average Bonchev–Trinajstić information content (AvgIpc) is 3.22. The number of alkyl halides is 24. The number of aryl methyl sites for hydroxylation is 1. The minimum atomic E-state index is -6.13. The molecule has 0 radical (unpaired) electrons. The van der Waals surface area contributed by atoms with Crippen molar-refractivity contribution in [2.75, 3.05) is 0 Å². The second-order valence-corrected chi connectivity index (χ2v) is 15.6. The highest BCUT2D eigenvalue weighted by molar-refractivity contribution is 7.20. The molecule has 382 valence electrons. The normalized spacial score (nSPS) is 13.5. The van der Waals surface area contributed by atoms with Crippen LogP contribution in [0.3, 0.4) is 0 Å². The topological polar surface area (TPSA) is 16.8 Å². The molecule has 0 aliphatic heterocycles. The smallest absolute Gasteiger partial charge is 0.249 e. The van der Waals surface area contributed by atoms with Crippen molar-refractivity contribution >= 4 is 28.0 Å². The Labute approximate surface area is 383 Å². The molecule has 71 heavy (non-hydrogen) atoms. The summed E-state index contributed by atoms with van der Waals surface area (Å²) < 4.78 is 343. The van der Waals surface area contributed by atoms with Crippen molar-refractivity contribution in [1.29, 1.82) is 0 Å². The molecule has 0 bridgehead atoms. The van der Waals surface area contributed by atoms with Gasteiger partial charge < -0.3 is 0 Å². The molecule has 0 amide bonds. The number of hydrogen-bond donors (Lipinski definition) is 0. The Morgan fingerprint density at radius 3 is 0.817 bits per heavy atom. The number of halogens is 24. The summed E-state index contributed by atoms with van der Waals surface area (Å²) >= 11 is 0. The van der Waals surface area contributed by atoms with Crippen LogP contribution in [0, 0.1) is 6.92 Å². The Balaban J connectivity index is 0.000000569. The van der Waals surface area contributed by atoms with E-state index in [4.69, 9.17) is 0 Å². The fourth-order valence-electron chi connectivity index (χ4n) is 7.52. The van der Waals surface area contributed by atoms with Gasteiger partial charge in [-0.15, -0.1) is 0 Å². The Bertz CT molecular complexity index is 2410. The van der Waals surface area contributed by atoms with Gasteiger partial charge in [-0.3, -0.25) is 0 Å². The molecular weight excluding hydrogens is 1020 g/mol. The van der Waals surface area contributed by atoms with Crippen molar-refractivity contribution in [3.8, 4) is 0 Å². The van der Waals surface area contributed by atoms with E-state index in [1.54, 1.807) is 0 Å². The molecule has 0 fully saturated rings. The number of hydrogen-bond acceptors (Lipinski definition) is 1. The van der Waals surface area contributed by atoms with Gasteiger partial charge in [0.1, 0.15) is 11.8 Å². The molecule has 27 heteroatoms. The van der Waals surface area contributed by atoms with Crippen molar-refractivity contribution in [2.24, 2.45) is 0 Å². The SMILES string of the molecule is Cc1c[n+](Cc2ccccc2)ccn1.FC(F)(F)c1cc([B-](c2cc(C(F)(F)F)cc(C(F)(F)F)c2)(c2cc(C(F)(F)F)cc(C(F)(F)F)c2)c2cc(C(F)(F)F)cc(C(F)(F)F)c2)cc(C(F)(F)F)c1. The largest absolute Gasteiger partial charge is 0.416 e. The number of nitrogens with zero attached hydrogens (tertiary/aromatic N) is 2. The predicted octanol–water partition coefficient (Wildman–Crippen LogP) is 12.9. The first kappa shape index (κ1) is 55.5. The van der Waals surface area contributed by atoms with E-state index in [-0.39, 0.29) is 0 Å². The maximum Gasteiger partial charge on any atom is 0.416 e. The fraction of sp³-hybridized carbons (Fsp3) is 0.227. The summed E-state index contributed by atoms with van der Waals surface area (Å²) in [5, 5.41) is 0. The quantitative estimate of drug-likeness (QED) is 0.0923. The number of benzene rings is 5. The van der Waals surface area contributed by atoms with Crippen LogP contribution >= 0.6 is 0 Å². The summed E-state index contributed by atoms with van der Waals surface area (Å²) in [4.78, 5) is 4.16. The maximum absolute atomic E-state index is 14.2. The third kappa shape index (κ3) is 13.1. The molecular formula is C44H25BF24N2. The molecule has 6 rings (SSSR count). The van der Waals surface area contributed by atoms with E-state index in [2.05, 4.69) is 33.8 Å². The summed E-state index contributed by atoms with van der Waals surface area (Å²) in [5.74, 6) is 0. The van der Waals surface area contributed by atoms with Crippen LogP contribution in [0.15, 0.2) is 122 Å². The van der Waals surface area contributed by atoms with E-state index in [1.807, 2.05) is 31.6 Å². The molecule has 6 aromatic rings. The van der Waals surface area contributed by atoms with Crippen molar-refractivity contribution < 1.29 is 110 Å². The summed E-state index contributed by atoms with van der Waals surface area (Å²) in [5.41, 5.74) is -27.9. The van der Waals surface area contributed by atoms with E-state index in [0.29, 0.717) is 0 Å². The highest BCUT2D eigenvalue weighted by Gasteiger charge is 2.47. The van der Waals surface area contributed by atoms with Gasteiger partial charge in [-0.2, -0.15) is 132 Å². The van der Waals surface area contributed by atoms with E-state index in [1.165, 1.54) is 5.56 Å². The van der Waals surface area contributed by atoms with Crippen LogP contribution in [-0.2, 0) is 56.0 Å². The molecule has 2 nitrogen and oxygen atoms in total. The molecule has 0 saturated carbocycles. The van der Waals surface area contributed by atoms with Crippen molar-refractivity contribution in [2.45, 2.75) is 62.9 Å². The van der Waals surface area contributed by atoms with E-state index >= 15 is 0 Å². The molecule has 0 aliphatic rings. The Morgan fingerprint density at radius 2 is 0.606 bits per heavy atom. The van der Waals surface area contributed by atoms with Gasteiger partial charge >= 0.3 is 49.4 Å². The van der Waals surface area contributed by atoms with Crippen LogP contribution < -0.4 is 26.4 Å². The summed E-state index contributed by atoms with van der Waals surface area (Å²) in [6.07, 6.45) is -48.9. The van der Waals surface area contributed by atoms with E-state index in [9.17, 15) is 105 Å². The molecule has 5 aromatic carbocycles. The Hall–Kier alpha value is -6.44. The molecule has 1 aromatic heterocycles. The lowest BCUT2D eigenvalue weighted by atomic mass is 9.12. The van der Waals surface area contributed by atoms with Gasteiger partial charge in [0.2, 0.25) is 0 Å². The molecule has 1 heterocycles. The number of rotatable bonds is 6. The molecule has 0 unspecified atom stereocenters. The minimum Gasteiger partial charge on any atom is -0.249 e. The van der Waals surface area contributed by atoms with Crippen LogP contribution in [0.25, 0.3) is 0 Å². The van der Waals surface area contributed by atoms with Gasteiger partial charge in [0.15, 0.2) is 18.9 Å². The van der Waals surface area contributed by atoms with E-state index < -0.39 is 195 Å². The standard InChI is InChI=1S/C32H12BF24.C12H13N2/c34-25(35,36)13-1-14(26(37,38)39)6-21(5-13)33(22-7-15(27(40,41)42)2-16(8-22)28(43,44)45,23-9-17(29(46,47)48)3-18(10-23)30(49,50)51)24-11-19(31(52,53)54)4-20(12-24)32(55,56)57;1-11-9-14(8-7-13-11)10-12-5-3-2-4-6-12/h1-12H;2-9H,10H2,1H3/q-1;+1. The second kappa shape index (κ2) is 19.0. The maximum atomic E-state index is 14.2.